The summed E-state index contributed by atoms with van der Waals surface area (Å²) in [5.74, 6) is -0.356. The van der Waals surface area contributed by atoms with Gasteiger partial charge in [-0.05, 0) is 37.6 Å². The minimum atomic E-state index is -1.18. The predicted molar refractivity (Wildman–Crippen MR) is 112 cm³/mol. The molecule has 1 atom stereocenters. The molecule has 8 nitrogen and oxygen atoms in total. The van der Waals surface area contributed by atoms with E-state index < -0.39 is 18.0 Å². The van der Waals surface area contributed by atoms with E-state index >= 15 is 0 Å². The molecule has 8 heteroatoms. The van der Waals surface area contributed by atoms with Crippen molar-refractivity contribution in [2.24, 2.45) is 0 Å². The van der Waals surface area contributed by atoms with E-state index in [1.807, 2.05) is 0 Å². The van der Waals surface area contributed by atoms with Gasteiger partial charge in [-0.3, -0.25) is 9.59 Å². The van der Waals surface area contributed by atoms with Gasteiger partial charge in [-0.1, -0.05) is 35.5 Å². The molecule has 0 unspecified atom stereocenters. The summed E-state index contributed by atoms with van der Waals surface area (Å²) >= 11 is 0. The maximum Gasteiger partial charge on any atom is 0.339 e. The monoisotopic (exact) mass is 419 g/mol. The molecular weight excluding hydrogens is 398 g/mol. The highest BCUT2D eigenvalue weighted by Crippen LogP contribution is 2.24. The van der Waals surface area contributed by atoms with E-state index in [-0.39, 0.29) is 17.3 Å². The van der Waals surface area contributed by atoms with Crippen molar-refractivity contribution in [1.82, 2.24) is 5.16 Å². The van der Waals surface area contributed by atoms with E-state index in [0.29, 0.717) is 24.3 Å². The average Bonchev–Trinajstić information content (AvgIpc) is 3.40. The largest absolute Gasteiger partial charge is 0.444 e. The van der Waals surface area contributed by atoms with Crippen LogP contribution < -0.4 is 10.2 Å². The summed E-state index contributed by atoms with van der Waals surface area (Å²) in [6, 6.07) is 16.9. The lowest BCUT2D eigenvalue weighted by molar-refractivity contribution is -0.125. The summed E-state index contributed by atoms with van der Waals surface area (Å²) < 4.78 is 10.5. The van der Waals surface area contributed by atoms with E-state index in [4.69, 9.17) is 9.26 Å². The lowest BCUT2D eigenvalue weighted by Crippen LogP contribution is -2.26. The van der Waals surface area contributed by atoms with Crippen molar-refractivity contribution in [2.75, 3.05) is 16.8 Å². The topological polar surface area (TPSA) is 102 Å². The van der Waals surface area contributed by atoms with Gasteiger partial charge >= 0.3 is 5.97 Å². The summed E-state index contributed by atoms with van der Waals surface area (Å²) in [5.41, 5.74) is 1.53. The number of carbonyl (C=O) groups excluding carboxylic acids is 3. The molecule has 2 amide bonds. The van der Waals surface area contributed by atoms with E-state index in [2.05, 4.69) is 10.5 Å². The molecule has 0 bridgehead atoms. The minimum Gasteiger partial charge on any atom is -0.444 e. The smallest absolute Gasteiger partial charge is 0.339 e. The maximum atomic E-state index is 12.8. The van der Waals surface area contributed by atoms with E-state index in [9.17, 15) is 14.4 Å². The number of amides is 2. The maximum absolute atomic E-state index is 12.8. The summed E-state index contributed by atoms with van der Waals surface area (Å²) in [5, 5.41) is 6.35. The highest BCUT2D eigenvalue weighted by molar-refractivity contribution is 5.98. The zero-order chi connectivity index (χ0) is 21.8. The molecule has 4 rings (SSSR count). The van der Waals surface area contributed by atoms with Crippen molar-refractivity contribution >= 4 is 29.3 Å². The first kappa shape index (κ1) is 20.3. The van der Waals surface area contributed by atoms with Crippen LogP contribution in [-0.2, 0) is 14.3 Å². The van der Waals surface area contributed by atoms with Crippen molar-refractivity contribution in [3.05, 3.63) is 77.6 Å². The van der Waals surface area contributed by atoms with Crippen LogP contribution in [0.4, 0.5) is 11.5 Å². The van der Waals surface area contributed by atoms with Crippen molar-refractivity contribution in [3.8, 4) is 0 Å². The van der Waals surface area contributed by atoms with Crippen LogP contribution in [0.15, 0.2) is 65.2 Å². The van der Waals surface area contributed by atoms with Gasteiger partial charge < -0.3 is 19.5 Å². The van der Waals surface area contributed by atoms with Gasteiger partial charge in [-0.15, -0.1) is 0 Å². The van der Waals surface area contributed by atoms with Crippen molar-refractivity contribution < 1.29 is 23.6 Å². The number of hydrogen-bond donors (Lipinski definition) is 1. The van der Waals surface area contributed by atoms with Crippen LogP contribution >= 0.6 is 0 Å². The number of ether oxygens (including phenoxy) is 1. The van der Waals surface area contributed by atoms with Gasteiger partial charge in [-0.25, -0.2) is 4.79 Å². The number of hydrogen-bond acceptors (Lipinski definition) is 6. The van der Waals surface area contributed by atoms with Crippen LogP contribution in [0.1, 0.15) is 40.6 Å². The molecule has 2 heterocycles. The number of esters is 1. The molecule has 158 valence electrons. The highest BCUT2D eigenvalue weighted by atomic mass is 16.5. The molecule has 0 saturated carbocycles. The first-order valence-corrected chi connectivity index (χ1v) is 9.92. The van der Waals surface area contributed by atoms with Crippen molar-refractivity contribution in [2.45, 2.75) is 25.9 Å². The highest BCUT2D eigenvalue weighted by Gasteiger charge is 2.27. The Morgan fingerprint density at radius 2 is 1.87 bits per heavy atom. The first-order chi connectivity index (χ1) is 15.0. The van der Waals surface area contributed by atoms with Crippen molar-refractivity contribution in [1.29, 1.82) is 0 Å². The fraction of sp³-hybridized carbons (Fsp3) is 0.217. The SMILES string of the molecule is Cc1cc(NC(=O)[C@H](OC(=O)c2ccc(N3CCCC3=O)cc2)c2ccccc2)no1. The fourth-order valence-corrected chi connectivity index (χ4v) is 3.39. The zero-order valence-corrected chi connectivity index (χ0v) is 16.9. The normalized spacial score (nSPS) is 14.4. The molecule has 2 aromatic carbocycles. The van der Waals surface area contributed by atoms with Crippen LogP contribution in [0.3, 0.4) is 0 Å². The molecule has 1 N–H and O–H groups in total. The van der Waals surface area contributed by atoms with Crippen LogP contribution in [-0.4, -0.2) is 29.5 Å². The second kappa shape index (κ2) is 8.83. The number of anilines is 2. The fourth-order valence-electron chi connectivity index (χ4n) is 3.39. The standard InChI is InChI=1S/C23H21N3O5/c1-15-14-19(25-31-15)24-22(28)21(16-6-3-2-4-7-16)30-23(29)17-9-11-18(12-10-17)26-13-5-8-20(26)27/h2-4,6-7,9-12,14,21H,5,8,13H2,1H3,(H,24,25,28)/t21-/m1/s1. The van der Waals surface area contributed by atoms with Crippen LogP contribution in [0.25, 0.3) is 0 Å². The Labute approximate surface area is 178 Å². The third-order valence-electron chi connectivity index (χ3n) is 4.93. The van der Waals surface area contributed by atoms with Crippen LogP contribution in [0.2, 0.25) is 0 Å². The van der Waals surface area contributed by atoms with Gasteiger partial charge in [0.25, 0.3) is 5.91 Å². The molecule has 31 heavy (non-hydrogen) atoms. The summed E-state index contributed by atoms with van der Waals surface area (Å²) in [4.78, 5) is 39.2. The van der Waals surface area contributed by atoms with Crippen LogP contribution in [0.5, 0.6) is 0 Å². The molecular formula is C23H21N3O5. The minimum absolute atomic E-state index is 0.0687. The Morgan fingerprint density at radius 1 is 1.13 bits per heavy atom. The summed E-state index contributed by atoms with van der Waals surface area (Å²) in [6.07, 6.45) is 0.176. The van der Waals surface area contributed by atoms with E-state index in [0.717, 1.165) is 12.1 Å². The quantitative estimate of drug-likeness (QED) is 0.612. The molecule has 1 aromatic heterocycles. The van der Waals surface area contributed by atoms with Gasteiger partial charge in [0.15, 0.2) is 5.82 Å². The summed E-state index contributed by atoms with van der Waals surface area (Å²) in [6.45, 7) is 2.37. The van der Waals surface area contributed by atoms with Gasteiger partial charge in [-0.2, -0.15) is 0 Å². The van der Waals surface area contributed by atoms with Gasteiger partial charge in [0, 0.05) is 30.3 Å². The Kier molecular flexibility index (Phi) is 5.79. The number of rotatable bonds is 6. The molecule has 0 radical (unpaired) electrons. The number of carbonyl (C=O) groups is 3. The second-order valence-electron chi connectivity index (χ2n) is 7.20. The van der Waals surface area contributed by atoms with Gasteiger partial charge in [0.2, 0.25) is 12.0 Å². The third kappa shape index (κ3) is 4.63. The third-order valence-corrected chi connectivity index (χ3v) is 4.93. The lowest BCUT2D eigenvalue weighted by Gasteiger charge is -2.18. The number of nitrogens with one attached hydrogen (secondary N) is 1. The molecule has 1 aliphatic rings. The predicted octanol–water partition coefficient (Wildman–Crippen LogP) is 3.65. The van der Waals surface area contributed by atoms with E-state index in [1.54, 1.807) is 72.5 Å². The number of aromatic nitrogens is 1. The lowest BCUT2D eigenvalue weighted by atomic mass is 10.1. The average molecular weight is 419 g/mol. The van der Waals surface area contributed by atoms with Crippen LogP contribution in [0, 0.1) is 6.92 Å². The van der Waals surface area contributed by atoms with Crippen molar-refractivity contribution in [3.63, 3.8) is 0 Å². The molecule has 1 fully saturated rings. The molecule has 1 saturated heterocycles. The number of benzene rings is 2. The van der Waals surface area contributed by atoms with Gasteiger partial charge in [0.1, 0.15) is 5.76 Å². The number of aryl methyl sites for hydroxylation is 1. The molecule has 1 aliphatic heterocycles. The molecule has 3 aromatic rings. The number of nitrogens with zero attached hydrogens (tertiary/aromatic N) is 2. The molecule has 0 spiro atoms. The Hall–Kier alpha value is -3.94. The summed E-state index contributed by atoms with van der Waals surface area (Å²) in [7, 11) is 0. The van der Waals surface area contributed by atoms with Gasteiger partial charge in [0.05, 0.1) is 5.56 Å². The Bertz CT molecular complexity index is 1090. The first-order valence-electron chi connectivity index (χ1n) is 9.92. The Balaban J connectivity index is 1.51. The Morgan fingerprint density at radius 3 is 2.48 bits per heavy atom. The van der Waals surface area contributed by atoms with E-state index in [1.165, 1.54) is 0 Å². The second-order valence-corrected chi connectivity index (χ2v) is 7.20. The molecule has 0 aliphatic carbocycles. The zero-order valence-electron chi connectivity index (χ0n) is 16.9.